The Balaban J connectivity index is 1.86. The maximum atomic E-state index is 11.5. The molecule has 1 fully saturated rings. The standard InChI is InChI=1S/C15H25N3OS/c1-4-13(8-12-6-7-12)16-9-14-10-20-15(17-14)18(5-2)11(3)19/h10,12-13,16H,4-9H2,1-3H3. The van der Waals surface area contributed by atoms with Gasteiger partial charge in [-0.15, -0.1) is 11.3 Å². The van der Waals surface area contributed by atoms with E-state index >= 15 is 0 Å². The molecule has 1 aromatic heterocycles. The van der Waals surface area contributed by atoms with Gasteiger partial charge < -0.3 is 5.32 Å². The SMILES string of the molecule is CCC(CC1CC1)NCc1csc(N(CC)C(C)=O)n1. The molecule has 1 aliphatic rings. The van der Waals surface area contributed by atoms with E-state index in [0.29, 0.717) is 12.6 Å². The summed E-state index contributed by atoms with van der Waals surface area (Å²) in [5.74, 6) is 1.01. The maximum Gasteiger partial charge on any atom is 0.225 e. The van der Waals surface area contributed by atoms with Gasteiger partial charge >= 0.3 is 0 Å². The lowest BCUT2D eigenvalue weighted by molar-refractivity contribution is -0.116. The van der Waals surface area contributed by atoms with Gasteiger partial charge in [-0.25, -0.2) is 4.98 Å². The van der Waals surface area contributed by atoms with Crippen molar-refractivity contribution in [2.75, 3.05) is 11.4 Å². The smallest absolute Gasteiger partial charge is 0.225 e. The van der Waals surface area contributed by atoms with Gasteiger partial charge in [-0.05, 0) is 25.7 Å². The van der Waals surface area contributed by atoms with Crippen LogP contribution in [0.25, 0.3) is 0 Å². The number of aromatic nitrogens is 1. The number of anilines is 1. The highest BCUT2D eigenvalue weighted by molar-refractivity contribution is 7.14. The van der Waals surface area contributed by atoms with E-state index in [9.17, 15) is 4.79 Å². The summed E-state index contributed by atoms with van der Waals surface area (Å²) in [5.41, 5.74) is 1.04. The predicted octanol–water partition coefficient (Wildman–Crippen LogP) is 3.18. The van der Waals surface area contributed by atoms with E-state index in [0.717, 1.165) is 23.3 Å². The van der Waals surface area contributed by atoms with Crippen molar-refractivity contribution in [3.63, 3.8) is 0 Å². The Labute approximate surface area is 125 Å². The quantitative estimate of drug-likeness (QED) is 0.801. The molecule has 1 amide bonds. The molecule has 1 N–H and O–H groups in total. The van der Waals surface area contributed by atoms with E-state index in [1.54, 1.807) is 23.2 Å². The molecule has 20 heavy (non-hydrogen) atoms. The fourth-order valence-electron chi connectivity index (χ4n) is 2.39. The second-order valence-corrected chi connectivity index (χ2v) is 6.39. The van der Waals surface area contributed by atoms with E-state index in [2.05, 4.69) is 22.6 Å². The minimum absolute atomic E-state index is 0.0570. The molecular weight excluding hydrogens is 270 g/mol. The first-order chi connectivity index (χ1) is 9.63. The zero-order valence-electron chi connectivity index (χ0n) is 12.7. The molecule has 1 heterocycles. The highest BCUT2D eigenvalue weighted by atomic mass is 32.1. The summed E-state index contributed by atoms with van der Waals surface area (Å²) in [6.07, 6.45) is 5.27. The van der Waals surface area contributed by atoms with Gasteiger partial charge in [-0.3, -0.25) is 9.69 Å². The molecule has 1 saturated carbocycles. The summed E-state index contributed by atoms with van der Waals surface area (Å²) in [5, 5.41) is 6.46. The van der Waals surface area contributed by atoms with Crippen molar-refractivity contribution in [1.82, 2.24) is 10.3 Å². The van der Waals surface area contributed by atoms with Crippen LogP contribution >= 0.6 is 11.3 Å². The molecule has 0 aromatic carbocycles. The van der Waals surface area contributed by atoms with Crippen LogP contribution in [0.1, 0.15) is 52.1 Å². The lowest BCUT2D eigenvalue weighted by Gasteiger charge is -2.16. The van der Waals surface area contributed by atoms with Gasteiger partial charge in [-0.1, -0.05) is 19.8 Å². The summed E-state index contributed by atoms with van der Waals surface area (Å²) in [7, 11) is 0. The number of hydrogen-bond acceptors (Lipinski definition) is 4. The summed E-state index contributed by atoms with van der Waals surface area (Å²) in [4.78, 5) is 17.8. The lowest BCUT2D eigenvalue weighted by Crippen LogP contribution is -2.29. The zero-order valence-corrected chi connectivity index (χ0v) is 13.5. The van der Waals surface area contributed by atoms with Gasteiger partial charge in [0.1, 0.15) is 0 Å². The largest absolute Gasteiger partial charge is 0.308 e. The second kappa shape index (κ2) is 7.18. The van der Waals surface area contributed by atoms with Crippen LogP contribution in [0.5, 0.6) is 0 Å². The third-order valence-electron chi connectivity index (χ3n) is 3.85. The van der Waals surface area contributed by atoms with Gasteiger partial charge in [0.25, 0.3) is 0 Å². The average molecular weight is 295 g/mol. The van der Waals surface area contributed by atoms with Crippen LogP contribution in [0, 0.1) is 5.92 Å². The molecule has 2 rings (SSSR count). The van der Waals surface area contributed by atoms with E-state index in [-0.39, 0.29) is 5.91 Å². The summed E-state index contributed by atoms with van der Waals surface area (Å²) < 4.78 is 0. The number of thiazole rings is 1. The fraction of sp³-hybridized carbons (Fsp3) is 0.733. The lowest BCUT2D eigenvalue weighted by atomic mass is 10.1. The third-order valence-corrected chi connectivity index (χ3v) is 4.76. The van der Waals surface area contributed by atoms with Crippen LogP contribution < -0.4 is 10.2 Å². The van der Waals surface area contributed by atoms with Crippen molar-refractivity contribution in [3.05, 3.63) is 11.1 Å². The van der Waals surface area contributed by atoms with Gasteiger partial charge in [0.15, 0.2) is 5.13 Å². The first-order valence-corrected chi connectivity index (χ1v) is 8.47. The first-order valence-electron chi connectivity index (χ1n) is 7.59. The van der Waals surface area contributed by atoms with E-state index < -0.39 is 0 Å². The van der Waals surface area contributed by atoms with Crippen LogP contribution in [0.15, 0.2) is 5.38 Å². The van der Waals surface area contributed by atoms with Crippen molar-refractivity contribution in [2.45, 2.75) is 59.0 Å². The molecule has 0 saturated heterocycles. The topological polar surface area (TPSA) is 45.2 Å². The summed E-state index contributed by atoms with van der Waals surface area (Å²) in [6.45, 7) is 7.28. The molecule has 0 spiro atoms. The van der Waals surface area contributed by atoms with Gasteiger partial charge in [0, 0.05) is 31.4 Å². The molecule has 1 aromatic rings. The number of rotatable bonds is 8. The van der Waals surface area contributed by atoms with Crippen LogP contribution in [0.2, 0.25) is 0 Å². The van der Waals surface area contributed by atoms with Crippen LogP contribution in [0.3, 0.4) is 0 Å². The first kappa shape index (κ1) is 15.4. The van der Waals surface area contributed by atoms with E-state index in [1.165, 1.54) is 25.7 Å². The zero-order chi connectivity index (χ0) is 14.5. The molecule has 5 heteroatoms. The van der Waals surface area contributed by atoms with Gasteiger partial charge in [0.05, 0.1) is 5.69 Å². The minimum Gasteiger partial charge on any atom is -0.308 e. The predicted molar refractivity (Wildman–Crippen MR) is 84.1 cm³/mol. The number of carbonyl (C=O) groups is 1. The van der Waals surface area contributed by atoms with E-state index in [4.69, 9.17) is 0 Å². The molecule has 112 valence electrons. The second-order valence-electron chi connectivity index (χ2n) is 5.55. The Morgan fingerprint density at radius 1 is 1.55 bits per heavy atom. The molecule has 0 bridgehead atoms. The van der Waals surface area contributed by atoms with Crippen LogP contribution in [0.4, 0.5) is 5.13 Å². The Hall–Kier alpha value is -0.940. The monoisotopic (exact) mass is 295 g/mol. The van der Waals surface area contributed by atoms with Crippen molar-refractivity contribution < 1.29 is 4.79 Å². The minimum atomic E-state index is 0.0570. The Bertz CT molecular complexity index is 442. The average Bonchev–Trinajstić information content (AvgIpc) is 3.13. The molecule has 0 radical (unpaired) electrons. The van der Waals surface area contributed by atoms with Crippen LogP contribution in [-0.4, -0.2) is 23.5 Å². The van der Waals surface area contributed by atoms with Crippen molar-refractivity contribution in [3.8, 4) is 0 Å². The molecule has 4 nitrogen and oxygen atoms in total. The number of amides is 1. The highest BCUT2D eigenvalue weighted by Gasteiger charge is 2.24. The molecular formula is C15H25N3OS. The summed E-state index contributed by atoms with van der Waals surface area (Å²) >= 11 is 1.55. The van der Waals surface area contributed by atoms with Crippen molar-refractivity contribution >= 4 is 22.4 Å². The number of carbonyl (C=O) groups excluding carboxylic acids is 1. The van der Waals surface area contributed by atoms with E-state index in [1.807, 2.05) is 6.92 Å². The number of hydrogen-bond donors (Lipinski definition) is 1. The van der Waals surface area contributed by atoms with Crippen molar-refractivity contribution in [2.24, 2.45) is 5.92 Å². The normalized spacial score (nSPS) is 16.1. The molecule has 1 atom stereocenters. The Morgan fingerprint density at radius 2 is 2.30 bits per heavy atom. The third kappa shape index (κ3) is 4.28. The highest BCUT2D eigenvalue weighted by Crippen LogP contribution is 2.34. The number of nitrogens with one attached hydrogen (secondary N) is 1. The number of nitrogens with zero attached hydrogens (tertiary/aromatic N) is 2. The molecule has 1 unspecified atom stereocenters. The Kier molecular flexibility index (Phi) is 5.54. The molecule has 1 aliphatic carbocycles. The van der Waals surface area contributed by atoms with Crippen molar-refractivity contribution in [1.29, 1.82) is 0 Å². The molecule has 0 aliphatic heterocycles. The Morgan fingerprint density at radius 3 is 2.85 bits per heavy atom. The van der Waals surface area contributed by atoms with Gasteiger partial charge in [-0.2, -0.15) is 0 Å². The van der Waals surface area contributed by atoms with Gasteiger partial charge in [0.2, 0.25) is 5.91 Å². The van der Waals surface area contributed by atoms with Crippen LogP contribution in [-0.2, 0) is 11.3 Å². The summed E-state index contributed by atoms with van der Waals surface area (Å²) in [6, 6.07) is 0.600. The fourth-order valence-corrected chi connectivity index (χ4v) is 3.33. The maximum absolute atomic E-state index is 11.5.